The van der Waals surface area contributed by atoms with Crippen molar-refractivity contribution in [1.82, 2.24) is 25.3 Å². The van der Waals surface area contributed by atoms with Gasteiger partial charge in [-0.1, -0.05) is 37.2 Å². The Morgan fingerprint density at radius 1 is 1.07 bits per heavy atom. The molecule has 6 rings (SSSR count). The summed E-state index contributed by atoms with van der Waals surface area (Å²) in [6, 6.07) is 14.0. The van der Waals surface area contributed by atoms with Crippen LogP contribution in [0.4, 0.5) is 5.13 Å². The summed E-state index contributed by atoms with van der Waals surface area (Å²) in [5.74, 6) is 1.60. The first-order chi connectivity index (χ1) is 19.9. The van der Waals surface area contributed by atoms with Gasteiger partial charge < -0.3 is 25.6 Å². The summed E-state index contributed by atoms with van der Waals surface area (Å²) in [6.07, 6.45) is 7.83. The monoisotopic (exact) mass is 574 g/mol. The zero-order valence-electron chi connectivity index (χ0n) is 23.6. The third-order valence-corrected chi connectivity index (χ3v) is 9.38. The van der Waals surface area contributed by atoms with E-state index < -0.39 is 0 Å². The smallest absolute Gasteiger partial charge is 0.251 e. The maximum atomic E-state index is 13.3. The molecule has 3 heterocycles. The van der Waals surface area contributed by atoms with Crippen LogP contribution >= 0.6 is 11.3 Å². The molecule has 2 aliphatic heterocycles. The van der Waals surface area contributed by atoms with Gasteiger partial charge in [-0.15, -0.1) is 10.2 Å². The average Bonchev–Trinajstić information content (AvgIpc) is 3.73. The minimum atomic E-state index is -0.0872. The van der Waals surface area contributed by atoms with E-state index in [4.69, 9.17) is 10.5 Å². The van der Waals surface area contributed by atoms with Gasteiger partial charge in [-0.2, -0.15) is 0 Å². The van der Waals surface area contributed by atoms with Crippen LogP contribution in [0.15, 0.2) is 42.5 Å². The van der Waals surface area contributed by atoms with Crippen molar-refractivity contribution >= 4 is 28.3 Å². The fourth-order valence-corrected chi connectivity index (χ4v) is 6.96. The molecule has 2 aromatic carbocycles. The van der Waals surface area contributed by atoms with E-state index in [-0.39, 0.29) is 17.9 Å². The number of ether oxygens (including phenoxy) is 1. The highest BCUT2D eigenvalue weighted by Crippen LogP contribution is 2.32. The van der Waals surface area contributed by atoms with Gasteiger partial charge in [0.1, 0.15) is 16.5 Å². The molecule has 0 bridgehead atoms. The van der Waals surface area contributed by atoms with Gasteiger partial charge in [-0.05, 0) is 68.0 Å². The number of benzene rings is 2. The zero-order valence-corrected chi connectivity index (χ0v) is 24.4. The van der Waals surface area contributed by atoms with Crippen molar-refractivity contribution in [2.45, 2.75) is 70.5 Å². The van der Waals surface area contributed by atoms with Crippen LogP contribution in [-0.4, -0.2) is 63.5 Å². The van der Waals surface area contributed by atoms with Gasteiger partial charge in [0.25, 0.3) is 5.91 Å². The number of nitrogen functional groups attached to an aromatic ring is 1. The molecule has 41 heavy (non-hydrogen) atoms. The molecule has 10 heteroatoms. The van der Waals surface area contributed by atoms with E-state index in [2.05, 4.69) is 27.3 Å². The largest absolute Gasteiger partial charge is 0.457 e. The maximum absolute atomic E-state index is 13.3. The van der Waals surface area contributed by atoms with Gasteiger partial charge in [-0.25, -0.2) is 0 Å². The van der Waals surface area contributed by atoms with Crippen LogP contribution in [0.1, 0.15) is 67.8 Å². The summed E-state index contributed by atoms with van der Waals surface area (Å²) in [5.41, 5.74) is 8.07. The number of hydrogen-bond acceptors (Lipinski definition) is 8. The lowest BCUT2D eigenvalue weighted by Gasteiger charge is -2.36. The van der Waals surface area contributed by atoms with Gasteiger partial charge in [0, 0.05) is 61.4 Å². The number of piperidine rings is 1. The topological polar surface area (TPSA) is 114 Å². The first-order valence-corrected chi connectivity index (χ1v) is 15.6. The van der Waals surface area contributed by atoms with E-state index in [0.717, 1.165) is 54.7 Å². The standard InChI is InChI=1S/C31H38N6O3S/c1-20-16-28(38)37(18-20)19-23-7-6-22(29(39)33-24-12-14-36(15-13-24)25-4-2-3-5-25)17-27(23)40-26-10-8-21(9-11-26)30-34-35-31(32)41-30/h6-11,17,20,24-25H,2-5,12-16,18-19H2,1H3,(H2,32,35)(H,33,39)/t20-/m0/s1. The fourth-order valence-electron chi connectivity index (χ4n) is 6.34. The molecule has 1 saturated carbocycles. The number of hydrogen-bond donors (Lipinski definition) is 2. The number of anilines is 1. The average molecular weight is 575 g/mol. The Hall–Kier alpha value is -3.50. The van der Waals surface area contributed by atoms with Gasteiger partial charge in [0.2, 0.25) is 11.0 Å². The van der Waals surface area contributed by atoms with Crippen LogP contribution in [-0.2, 0) is 11.3 Å². The van der Waals surface area contributed by atoms with Crippen molar-refractivity contribution in [2.24, 2.45) is 5.92 Å². The van der Waals surface area contributed by atoms with E-state index >= 15 is 0 Å². The first kappa shape index (κ1) is 27.7. The number of likely N-dealkylation sites (tertiary alicyclic amines) is 2. The predicted molar refractivity (Wildman–Crippen MR) is 160 cm³/mol. The molecule has 3 fully saturated rings. The van der Waals surface area contributed by atoms with E-state index in [1.165, 1.54) is 37.0 Å². The molecular weight excluding hydrogens is 536 g/mol. The molecule has 0 spiro atoms. The van der Waals surface area contributed by atoms with Gasteiger partial charge in [0.05, 0.1) is 0 Å². The molecule has 216 valence electrons. The molecular formula is C31H38N6O3S. The number of nitrogens with two attached hydrogens (primary N) is 1. The Morgan fingerprint density at radius 3 is 2.49 bits per heavy atom. The van der Waals surface area contributed by atoms with Crippen LogP contribution in [0.3, 0.4) is 0 Å². The number of carbonyl (C=O) groups excluding carboxylic acids is 2. The number of nitrogens with zero attached hydrogens (tertiary/aromatic N) is 4. The van der Waals surface area contributed by atoms with Crippen LogP contribution in [0.25, 0.3) is 10.6 Å². The van der Waals surface area contributed by atoms with Crippen LogP contribution in [0.5, 0.6) is 11.5 Å². The third kappa shape index (κ3) is 6.54. The lowest BCUT2D eigenvalue weighted by atomic mass is 10.0. The quantitative estimate of drug-likeness (QED) is 0.386. The number of amides is 2. The molecule has 1 aromatic heterocycles. The molecule has 1 atom stereocenters. The Morgan fingerprint density at radius 2 is 1.83 bits per heavy atom. The van der Waals surface area contributed by atoms with Crippen molar-refractivity contribution in [2.75, 3.05) is 25.4 Å². The van der Waals surface area contributed by atoms with Crippen molar-refractivity contribution in [1.29, 1.82) is 0 Å². The zero-order chi connectivity index (χ0) is 28.3. The van der Waals surface area contributed by atoms with Crippen LogP contribution < -0.4 is 15.8 Å². The highest BCUT2D eigenvalue weighted by Gasteiger charge is 2.29. The summed E-state index contributed by atoms with van der Waals surface area (Å²) >= 11 is 1.33. The van der Waals surface area contributed by atoms with Gasteiger partial charge in [0.15, 0.2) is 0 Å². The first-order valence-electron chi connectivity index (χ1n) is 14.7. The van der Waals surface area contributed by atoms with E-state index in [0.29, 0.717) is 41.1 Å². The molecule has 3 aromatic rings. The number of carbonyl (C=O) groups is 2. The van der Waals surface area contributed by atoms with Gasteiger partial charge in [-0.3, -0.25) is 9.59 Å². The molecule has 3 N–H and O–H groups in total. The third-order valence-electron chi connectivity index (χ3n) is 8.57. The summed E-state index contributed by atoms with van der Waals surface area (Å²) in [4.78, 5) is 30.4. The van der Waals surface area contributed by atoms with Crippen molar-refractivity contribution in [3.63, 3.8) is 0 Å². The fraction of sp³-hybridized carbons (Fsp3) is 0.484. The molecule has 0 unspecified atom stereocenters. The Kier molecular flexibility index (Phi) is 8.20. The second kappa shape index (κ2) is 12.2. The lowest BCUT2D eigenvalue weighted by Crippen LogP contribution is -2.47. The maximum Gasteiger partial charge on any atom is 0.251 e. The predicted octanol–water partition coefficient (Wildman–Crippen LogP) is 5.08. The highest BCUT2D eigenvalue weighted by molar-refractivity contribution is 7.18. The minimum absolute atomic E-state index is 0.0872. The van der Waals surface area contributed by atoms with Crippen LogP contribution in [0, 0.1) is 5.92 Å². The molecule has 1 aliphatic carbocycles. The normalized spacial score (nSPS) is 20.6. The number of rotatable bonds is 8. The second-order valence-electron chi connectivity index (χ2n) is 11.7. The van der Waals surface area contributed by atoms with E-state index in [1.54, 1.807) is 0 Å². The second-order valence-corrected chi connectivity index (χ2v) is 12.7. The summed E-state index contributed by atoms with van der Waals surface area (Å²) in [5, 5.41) is 12.4. The Labute approximate surface area is 245 Å². The van der Waals surface area contributed by atoms with Crippen LogP contribution in [0.2, 0.25) is 0 Å². The minimum Gasteiger partial charge on any atom is -0.457 e. The van der Waals surface area contributed by atoms with Crippen molar-refractivity contribution in [3.8, 4) is 22.1 Å². The SMILES string of the molecule is C[C@H]1CC(=O)N(Cc2ccc(C(=O)NC3CCN(C4CCCC4)CC3)cc2Oc2ccc(-c3nnc(N)s3)cc2)C1. The Balaban J connectivity index is 1.17. The van der Waals surface area contributed by atoms with Gasteiger partial charge >= 0.3 is 0 Å². The molecule has 2 amide bonds. The van der Waals surface area contributed by atoms with E-state index in [9.17, 15) is 9.59 Å². The number of aromatic nitrogens is 2. The Bertz CT molecular complexity index is 1380. The molecule has 2 saturated heterocycles. The highest BCUT2D eigenvalue weighted by atomic mass is 32.1. The molecule has 9 nitrogen and oxygen atoms in total. The van der Waals surface area contributed by atoms with E-state index in [1.807, 2.05) is 47.4 Å². The summed E-state index contributed by atoms with van der Waals surface area (Å²) in [7, 11) is 0. The van der Waals surface area contributed by atoms with Crippen molar-refractivity contribution in [3.05, 3.63) is 53.6 Å². The molecule has 3 aliphatic rings. The van der Waals surface area contributed by atoms with Crippen molar-refractivity contribution < 1.29 is 14.3 Å². The summed E-state index contributed by atoms with van der Waals surface area (Å²) < 4.78 is 6.35. The summed E-state index contributed by atoms with van der Waals surface area (Å²) in [6.45, 7) is 5.35. The number of nitrogens with one attached hydrogen (secondary N) is 1. The lowest BCUT2D eigenvalue weighted by molar-refractivity contribution is -0.128. The molecule has 0 radical (unpaired) electrons.